The quantitative estimate of drug-likeness (QED) is 0.861. The molecule has 1 aromatic carbocycles. The molecule has 2 atom stereocenters. The number of nitrogens with zero attached hydrogens (tertiary/aromatic N) is 1. The van der Waals surface area contributed by atoms with Crippen LogP contribution in [0.2, 0.25) is 0 Å². The van der Waals surface area contributed by atoms with Crippen molar-refractivity contribution in [3.05, 3.63) is 29.8 Å². The van der Waals surface area contributed by atoms with Gasteiger partial charge in [-0.15, -0.1) is 0 Å². The van der Waals surface area contributed by atoms with Crippen LogP contribution >= 0.6 is 0 Å². The third kappa shape index (κ3) is 2.42. The molecule has 2 unspecified atom stereocenters. The SMILES string of the molecule is COc1ccc(C2CN(C)CC2C(=O)O)cc1. The third-order valence-corrected chi connectivity index (χ3v) is 3.36. The molecule has 4 heteroatoms. The molecule has 0 bridgehead atoms. The molecule has 1 fully saturated rings. The summed E-state index contributed by atoms with van der Waals surface area (Å²) in [5.41, 5.74) is 1.07. The van der Waals surface area contributed by atoms with Crippen molar-refractivity contribution < 1.29 is 14.6 Å². The Morgan fingerprint density at radius 1 is 1.35 bits per heavy atom. The molecule has 2 rings (SSSR count). The summed E-state index contributed by atoms with van der Waals surface area (Å²) in [4.78, 5) is 13.3. The minimum Gasteiger partial charge on any atom is -0.497 e. The zero-order chi connectivity index (χ0) is 12.4. The highest BCUT2D eigenvalue weighted by molar-refractivity contribution is 5.72. The summed E-state index contributed by atoms with van der Waals surface area (Å²) in [6.45, 7) is 1.41. The average molecular weight is 235 g/mol. The van der Waals surface area contributed by atoms with Crippen LogP contribution in [0.1, 0.15) is 11.5 Å². The normalized spacial score (nSPS) is 24.8. The van der Waals surface area contributed by atoms with E-state index in [1.807, 2.05) is 31.3 Å². The number of carboxylic acid groups (broad SMARTS) is 1. The molecule has 0 aromatic heterocycles. The van der Waals surface area contributed by atoms with E-state index >= 15 is 0 Å². The van der Waals surface area contributed by atoms with Gasteiger partial charge in [-0.05, 0) is 24.7 Å². The molecule has 1 aliphatic heterocycles. The van der Waals surface area contributed by atoms with E-state index in [2.05, 4.69) is 4.90 Å². The summed E-state index contributed by atoms with van der Waals surface area (Å²) < 4.78 is 5.10. The van der Waals surface area contributed by atoms with E-state index in [0.717, 1.165) is 17.9 Å². The van der Waals surface area contributed by atoms with Gasteiger partial charge in [-0.2, -0.15) is 0 Å². The lowest BCUT2D eigenvalue weighted by Gasteiger charge is -2.15. The number of carboxylic acids is 1. The van der Waals surface area contributed by atoms with Gasteiger partial charge in [0.1, 0.15) is 5.75 Å². The van der Waals surface area contributed by atoms with Crippen LogP contribution < -0.4 is 4.74 Å². The van der Waals surface area contributed by atoms with Crippen LogP contribution in [0.3, 0.4) is 0 Å². The fourth-order valence-corrected chi connectivity index (χ4v) is 2.44. The van der Waals surface area contributed by atoms with Crippen LogP contribution in [0.15, 0.2) is 24.3 Å². The molecule has 4 nitrogen and oxygen atoms in total. The summed E-state index contributed by atoms with van der Waals surface area (Å²) in [6.07, 6.45) is 0. The Kier molecular flexibility index (Phi) is 3.33. The van der Waals surface area contributed by atoms with Crippen LogP contribution in [0.5, 0.6) is 5.75 Å². The number of benzene rings is 1. The highest BCUT2D eigenvalue weighted by Crippen LogP contribution is 2.32. The second-order valence-electron chi connectivity index (χ2n) is 4.55. The first-order valence-corrected chi connectivity index (χ1v) is 5.67. The standard InChI is InChI=1S/C13H17NO3/c1-14-7-11(12(8-14)13(15)16)9-3-5-10(17-2)6-4-9/h3-6,11-12H,7-8H2,1-2H3,(H,15,16). The molecule has 0 saturated carbocycles. The number of rotatable bonds is 3. The van der Waals surface area contributed by atoms with E-state index in [9.17, 15) is 9.90 Å². The second kappa shape index (κ2) is 4.75. The van der Waals surface area contributed by atoms with Gasteiger partial charge in [-0.3, -0.25) is 4.79 Å². The maximum Gasteiger partial charge on any atom is 0.308 e. The summed E-state index contributed by atoms with van der Waals surface area (Å²) in [5, 5.41) is 9.21. The average Bonchev–Trinajstić information content (AvgIpc) is 2.72. The number of hydrogen-bond donors (Lipinski definition) is 1. The Labute approximate surface area is 101 Å². The lowest BCUT2D eigenvalue weighted by molar-refractivity contribution is -0.141. The lowest BCUT2D eigenvalue weighted by Crippen LogP contribution is -2.21. The number of carbonyl (C=O) groups is 1. The maximum atomic E-state index is 11.2. The van der Waals surface area contributed by atoms with E-state index in [0.29, 0.717) is 6.54 Å². The minimum atomic E-state index is -0.713. The molecule has 0 radical (unpaired) electrons. The van der Waals surface area contributed by atoms with Crippen molar-refractivity contribution in [3.8, 4) is 5.75 Å². The predicted octanol–water partition coefficient (Wildman–Crippen LogP) is 1.43. The molecular weight excluding hydrogens is 218 g/mol. The predicted molar refractivity (Wildman–Crippen MR) is 64.4 cm³/mol. The van der Waals surface area contributed by atoms with Crippen molar-refractivity contribution in [1.82, 2.24) is 4.90 Å². The van der Waals surface area contributed by atoms with E-state index in [-0.39, 0.29) is 11.8 Å². The molecular formula is C13H17NO3. The van der Waals surface area contributed by atoms with Crippen molar-refractivity contribution >= 4 is 5.97 Å². The number of aliphatic carboxylic acids is 1. The molecule has 1 aliphatic rings. The lowest BCUT2D eigenvalue weighted by atomic mass is 9.89. The van der Waals surface area contributed by atoms with Crippen LogP contribution in [0.4, 0.5) is 0 Å². The van der Waals surface area contributed by atoms with Gasteiger partial charge in [-0.1, -0.05) is 12.1 Å². The second-order valence-corrected chi connectivity index (χ2v) is 4.55. The fourth-order valence-electron chi connectivity index (χ4n) is 2.44. The van der Waals surface area contributed by atoms with Gasteiger partial charge < -0.3 is 14.7 Å². The summed E-state index contributed by atoms with van der Waals surface area (Å²) in [7, 11) is 3.58. The van der Waals surface area contributed by atoms with Crippen molar-refractivity contribution in [2.24, 2.45) is 5.92 Å². The number of likely N-dealkylation sites (N-methyl/N-ethyl adjacent to an activating group) is 1. The molecule has 1 aromatic rings. The van der Waals surface area contributed by atoms with Crippen molar-refractivity contribution in [1.29, 1.82) is 0 Å². The Balaban J connectivity index is 2.22. The third-order valence-electron chi connectivity index (χ3n) is 3.36. The van der Waals surface area contributed by atoms with E-state index in [1.54, 1.807) is 7.11 Å². The van der Waals surface area contributed by atoms with Crippen molar-refractivity contribution in [2.75, 3.05) is 27.2 Å². The van der Waals surface area contributed by atoms with Gasteiger partial charge in [0.2, 0.25) is 0 Å². The van der Waals surface area contributed by atoms with E-state index < -0.39 is 5.97 Å². The molecule has 0 aliphatic carbocycles. The van der Waals surface area contributed by atoms with Gasteiger partial charge in [0.25, 0.3) is 0 Å². The number of ether oxygens (including phenoxy) is 1. The van der Waals surface area contributed by atoms with Crippen molar-refractivity contribution in [2.45, 2.75) is 5.92 Å². The monoisotopic (exact) mass is 235 g/mol. The fraction of sp³-hybridized carbons (Fsp3) is 0.462. The largest absolute Gasteiger partial charge is 0.497 e. The minimum absolute atomic E-state index is 0.0726. The zero-order valence-corrected chi connectivity index (χ0v) is 10.1. The van der Waals surface area contributed by atoms with Gasteiger partial charge in [0.05, 0.1) is 13.0 Å². The van der Waals surface area contributed by atoms with Crippen LogP contribution in [0.25, 0.3) is 0 Å². The number of methoxy groups -OCH3 is 1. The molecule has 1 N–H and O–H groups in total. The first kappa shape index (κ1) is 11.9. The smallest absolute Gasteiger partial charge is 0.308 e. The Bertz CT molecular complexity index is 402. The van der Waals surface area contributed by atoms with Crippen molar-refractivity contribution in [3.63, 3.8) is 0 Å². The maximum absolute atomic E-state index is 11.2. The summed E-state index contributed by atoms with van der Waals surface area (Å²) in [5.74, 6) is -0.154. The highest BCUT2D eigenvalue weighted by atomic mass is 16.5. The molecule has 1 heterocycles. The summed E-state index contributed by atoms with van der Waals surface area (Å²) in [6, 6.07) is 7.68. The molecule has 0 spiro atoms. The van der Waals surface area contributed by atoms with Crippen LogP contribution in [-0.2, 0) is 4.79 Å². The molecule has 17 heavy (non-hydrogen) atoms. The Hall–Kier alpha value is -1.55. The van der Waals surface area contributed by atoms with E-state index in [4.69, 9.17) is 4.74 Å². The Morgan fingerprint density at radius 2 is 2.00 bits per heavy atom. The van der Waals surface area contributed by atoms with Crippen LogP contribution in [-0.4, -0.2) is 43.2 Å². The molecule has 92 valence electrons. The Morgan fingerprint density at radius 3 is 2.53 bits per heavy atom. The topological polar surface area (TPSA) is 49.8 Å². The number of likely N-dealkylation sites (tertiary alicyclic amines) is 1. The van der Waals surface area contributed by atoms with E-state index in [1.165, 1.54) is 0 Å². The molecule has 1 saturated heterocycles. The summed E-state index contributed by atoms with van der Waals surface area (Å²) >= 11 is 0. The van der Waals surface area contributed by atoms with Gasteiger partial charge in [0, 0.05) is 19.0 Å². The molecule has 0 amide bonds. The van der Waals surface area contributed by atoms with Gasteiger partial charge in [-0.25, -0.2) is 0 Å². The highest BCUT2D eigenvalue weighted by Gasteiger charge is 2.36. The van der Waals surface area contributed by atoms with Gasteiger partial charge >= 0.3 is 5.97 Å². The zero-order valence-electron chi connectivity index (χ0n) is 10.1. The van der Waals surface area contributed by atoms with Gasteiger partial charge in [0.15, 0.2) is 0 Å². The first-order valence-electron chi connectivity index (χ1n) is 5.67. The van der Waals surface area contributed by atoms with Crippen LogP contribution in [0, 0.1) is 5.92 Å². The number of hydrogen-bond acceptors (Lipinski definition) is 3. The first-order chi connectivity index (χ1) is 8.11.